The highest BCUT2D eigenvalue weighted by Crippen LogP contribution is 2.27. The minimum Gasteiger partial charge on any atom is -0.454 e. The number of esters is 1. The molecule has 1 aliphatic rings. The van der Waals surface area contributed by atoms with Crippen LogP contribution in [0.1, 0.15) is 58.8 Å². The maximum absolute atomic E-state index is 12.9. The second kappa shape index (κ2) is 11.3. The molecule has 7 nitrogen and oxygen atoms in total. The molecule has 0 radical (unpaired) electrons. The van der Waals surface area contributed by atoms with Crippen LogP contribution in [0.4, 0.5) is 5.69 Å². The molecule has 0 saturated heterocycles. The van der Waals surface area contributed by atoms with E-state index in [1.54, 1.807) is 4.90 Å². The summed E-state index contributed by atoms with van der Waals surface area (Å²) >= 11 is 0. The van der Waals surface area contributed by atoms with Gasteiger partial charge in [-0.2, -0.15) is 0 Å². The predicted molar refractivity (Wildman–Crippen MR) is 113 cm³/mol. The topological polar surface area (TPSA) is 92.8 Å². The normalized spacial score (nSPS) is 16.2. The summed E-state index contributed by atoms with van der Waals surface area (Å²) in [6.07, 6.45) is 6.39. The Hall–Kier alpha value is -1.93. The van der Waals surface area contributed by atoms with Crippen LogP contribution >= 0.6 is 0 Å². The Labute approximate surface area is 173 Å². The van der Waals surface area contributed by atoms with Crippen molar-refractivity contribution in [3.63, 3.8) is 0 Å². The third kappa shape index (κ3) is 7.44. The average Bonchev–Trinajstić information content (AvgIpc) is 2.72. The fourth-order valence-corrected chi connectivity index (χ4v) is 4.95. The zero-order chi connectivity index (χ0) is 21.3. The van der Waals surface area contributed by atoms with E-state index in [0.29, 0.717) is 6.42 Å². The lowest BCUT2D eigenvalue weighted by Crippen LogP contribution is -2.45. The highest BCUT2D eigenvalue weighted by Gasteiger charge is 2.28. The molecule has 1 aromatic carbocycles. The van der Waals surface area contributed by atoms with E-state index in [9.17, 15) is 18.0 Å². The first-order chi connectivity index (χ1) is 13.8. The Bertz CT molecular complexity index is 761. The number of carbonyl (C=O) groups excluding carboxylic acids is 2. The van der Waals surface area contributed by atoms with E-state index in [2.05, 4.69) is 4.72 Å². The van der Waals surface area contributed by atoms with Crippen LogP contribution in [0.25, 0.3) is 0 Å². The molecule has 1 fully saturated rings. The molecule has 1 aliphatic carbocycles. The number of rotatable bonds is 10. The number of nitrogens with zero attached hydrogens (tertiary/aromatic N) is 1. The van der Waals surface area contributed by atoms with Crippen molar-refractivity contribution in [1.82, 2.24) is 4.72 Å². The van der Waals surface area contributed by atoms with Crippen molar-refractivity contribution < 1.29 is 22.7 Å². The van der Waals surface area contributed by atoms with Crippen LogP contribution in [-0.2, 0) is 24.3 Å². The van der Waals surface area contributed by atoms with Gasteiger partial charge in [-0.25, -0.2) is 13.1 Å². The van der Waals surface area contributed by atoms with Gasteiger partial charge in [0.15, 0.2) is 6.61 Å². The maximum Gasteiger partial charge on any atom is 0.324 e. The van der Waals surface area contributed by atoms with Crippen molar-refractivity contribution in [1.29, 1.82) is 0 Å². The quantitative estimate of drug-likeness (QED) is 0.583. The highest BCUT2D eigenvalue weighted by molar-refractivity contribution is 7.89. The van der Waals surface area contributed by atoms with Gasteiger partial charge in [0.1, 0.15) is 6.04 Å². The third-order valence-electron chi connectivity index (χ3n) is 5.06. The SMILES string of the molecule is CCCCS(=O)(=O)N[C@@H](C)C(=O)OCC(=O)N(c1ccccc1)C1CCCCC1. The first kappa shape index (κ1) is 23.3. The van der Waals surface area contributed by atoms with Crippen molar-refractivity contribution in [3.8, 4) is 0 Å². The molecule has 1 saturated carbocycles. The number of sulfonamides is 1. The number of unbranched alkanes of at least 4 members (excludes halogenated alkanes) is 1. The van der Waals surface area contributed by atoms with E-state index in [1.165, 1.54) is 6.92 Å². The summed E-state index contributed by atoms with van der Waals surface area (Å²) < 4.78 is 31.4. The predicted octanol–water partition coefficient (Wildman–Crippen LogP) is 3.00. The van der Waals surface area contributed by atoms with Crippen LogP contribution in [0.5, 0.6) is 0 Å². The second-order valence-electron chi connectivity index (χ2n) is 7.51. The van der Waals surface area contributed by atoms with Crippen LogP contribution in [0, 0.1) is 0 Å². The molecule has 0 heterocycles. The fraction of sp³-hybridized carbons (Fsp3) is 0.619. The van der Waals surface area contributed by atoms with Crippen molar-refractivity contribution in [3.05, 3.63) is 30.3 Å². The zero-order valence-electron chi connectivity index (χ0n) is 17.3. The zero-order valence-corrected chi connectivity index (χ0v) is 18.1. The molecule has 0 spiro atoms. The summed E-state index contributed by atoms with van der Waals surface area (Å²) in [5.41, 5.74) is 0.786. The van der Waals surface area contributed by atoms with Crippen molar-refractivity contribution >= 4 is 27.6 Å². The van der Waals surface area contributed by atoms with E-state index in [4.69, 9.17) is 4.74 Å². The third-order valence-corrected chi connectivity index (χ3v) is 6.60. The van der Waals surface area contributed by atoms with Gasteiger partial charge in [-0.3, -0.25) is 9.59 Å². The van der Waals surface area contributed by atoms with Crippen LogP contribution in [0.3, 0.4) is 0 Å². The first-order valence-corrected chi connectivity index (χ1v) is 12.0. The number of carbonyl (C=O) groups is 2. The Morgan fingerprint density at radius 1 is 1.17 bits per heavy atom. The number of hydrogen-bond donors (Lipinski definition) is 1. The summed E-state index contributed by atoms with van der Waals surface area (Å²) in [6.45, 7) is 2.90. The van der Waals surface area contributed by atoms with Crippen LogP contribution in [0.2, 0.25) is 0 Å². The van der Waals surface area contributed by atoms with Gasteiger partial charge in [-0.05, 0) is 38.3 Å². The number of amides is 1. The van der Waals surface area contributed by atoms with Gasteiger partial charge in [0.2, 0.25) is 10.0 Å². The van der Waals surface area contributed by atoms with Crippen molar-refractivity contribution in [2.45, 2.75) is 70.9 Å². The number of hydrogen-bond acceptors (Lipinski definition) is 5. The molecule has 29 heavy (non-hydrogen) atoms. The Morgan fingerprint density at radius 2 is 1.83 bits per heavy atom. The minimum absolute atomic E-state index is 0.0382. The first-order valence-electron chi connectivity index (χ1n) is 10.4. The number of anilines is 1. The second-order valence-corrected chi connectivity index (χ2v) is 9.38. The Balaban J connectivity index is 1.97. The Morgan fingerprint density at radius 3 is 2.45 bits per heavy atom. The summed E-state index contributed by atoms with van der Waals surface area (Å²) in [4.78, 5) is 26.8. The van der Waals surface area contributed by atoms with Gasteiger partial charge in [0.05, 0.1) is 5.75 Å². The van der Waals surface area contributed by atoms with Gasteiger partial charge < -0.3 is 9.64 Å². The molecule has 1 amide bonds. The number of nitrogens with one attached hydrogen (secondary N) is 1. The lowest BCUT2D eigenvalue weighted by molar-refractivity contribution is -0.149. The van der Waals surface area contributed by atoms with Crippen molar-refractivity contribution in [2.24, 2.45) is 0 Å². The maximum atomic E-state index is 12.9. The molecule has 1 aromatic rings. The fourth-order valence-electron chi connectivity index (χ4n) is 3.52. The van der Waals surface area contributed by atoms with Gasteiger partial charge in [0.25, 0.3) is 5.91 Å². The molecule has 8 heteroatoms. The molecule has 0 unspecified atom stereocenters. The monoisotopic (exact) mass is 424 g/mol. The molecule has 0 bridgehead atoms. The van der Waals surface area contributed by atoms with E-state index in [1.807, 2.05) is 37.3 Å². The van der Waals surface area contributed by atoms with E-state index in [0.717, 1.165) is 44.2 Å². The lowest BCUT2D eigenvalue weighted by Gasteiger charge is -2.34. The molecular weight excluding hydrogens is 392 g/mol. The standard InChI is InChI=1S/C21H32N2O5S/c1-3-4-15-29(26,27)22-17(2)21(25)28-16-20(24)23(18-11-7-5-8-12-18)19-13-9-6-10-14-19/h5,7-8,11-12,17,19,22H,3-4,6,9-10,13-16H2,1-2H3/t17-/m0/s1. The molecule has 2 rings (SSSR count). The minimum atomic E-state index is -3.55. The molecule has 0 aromatic heterocycles. The van der Waals surface area contributed by atoms with Crippen molar-refractivity contribution in [2.75, 3.05) is 17.3 Å². The highest BCUT2D eigenvalue weighted by atomic mass is 32.2. The summed E-state index contributed by atoms with van der Waals surface area (Å²) in [6, 6.07) is 8.43. The van der Waals surface area contributed by atoms with Gasteiger partial charge in [-0.1, -0.05) is 50.8 Å². The summed E-state index contributed by atoms with van der Waals surface area (Å²) in [5, 5.41) is 0. The Kier molecular flexibility index (Phi) is 9.10. The summed E-state index contributed by atoms with van der Waals surface area (Å²) in [7, 11) is -3.55. The van der Waals surface area contributed by atoms with E-state index in [-0.39, 0.29) is 17.7 Å². The lowest BCUT2D eigenvalue weighted by atomic mass is 9.93. The molecular formula is C21H32N2O5S. The van der Waals surface area contributed by atoms with E-state index < -0.39 is 28.6 Å². The molecule has 1 N–H and O–H groups in total. The molecule has 162 valence electrons. The van der Waals surface area contributed by atoms with Gasteiger partial charge >= 0.3 is 5.97 Å². The number of ether oxygens (including phenoxy) is 1. The van der Waals surface area contributed by atoms with E-state index >= 15 is 0 Å². The van der Waals surface area contributed by atoms with Gasteiger partial charge in [-0.15, -0.1) is 0 Å². The van der Waals surface area contributed by atoms with Gasteiger partial charge in [0, 0.05) is 11.7 Å². The number of benzene rings is 1. The summed E-state index contributed by atoms with van der Waals surface area (Å²) in [5.74, 6) is -1.09. The van der Waals surface area contributed by atoms with Crippen LogP contribution < -0.4 is 9.62 Å². The largest absolute Gasteiger partial charge is 0.454 e. The molecule has 0 aliphatic heterocycles. The molecule has 1 atom stereocenters. The van der Waals surface area contributed by atoms with Crippen LogP contribution in [-0.4, -0.2) is 44.7 Å². The van der Waals surface area contributed by atoms with Crippen LogP contribution in [0.15, 0.2) is 30.3 Å². The smallest absolute Gasteiger partial charge is 0.324 e. The average molecular weight is 425 g/mol. The number of para-hydroxylation sites is 1.